The van der Waals surface area contributed by atoms with Crippen LogP contribution in [-0.4, -0.2) is 26.3 Å². The van der Waals surface area contributed by atoms with Crippen molar-refractivity contribution in [2.75, 3.05) is 26.3 Å². The van der Waals surface area contributed by atoms with E-state index in [0.717, 1.165) is 37.8 Å². The lowest BCUT2D eigenvalue weighted by atomic mass is 10.1. The van der Waals surface area contributed by atoms with Gasteiger partial charge in [-0.2, -0.15) is 0 Å². The van der Waals surface area contributed by atoms with Gasteiger partial charge < -0.3 is 10.1 Å². The van der Waals surface area contributed by atoms with Gasteiger partial charge in [0.1, 0.15) is 0 Å². The first-order chi connectivity index (χ1) is 5.29. The Kier molecular flexibility index (Phi) is 6.44. The molecule has 0 aromatic carbocycles. The molecule has 1 saturated heterocycles. The van der Waals surface area contributed by atoms with Gasteiger partial charge in [0.25, 0.3) is 0 Å². The van der Waals surface area contributed by atoms with E-state index in [1.54, 1.807) is 0 Å². The quantitative estimate of drug-likeness (QED) is 0.682. The molecule has 3 heteroatoms. The lowest BCUT2D eigenvalue weighted by Crippen LogP contribution is -2.14. The van der Waals surface area contributed by atoms with Crippen LogP contribution in [0.25, 0.3) is 0 Å². The third-order valence-electron chi connectivity index (χ3n) is 1.86. The monoisotopic (exact) mass is 191 g/mol. The van der Waals surface area contributed by atoms with Crippen LogP contribution in [0.2, 0.25) is 0 Å². The van der Waals surface area contributed by atoms with Gasteiger partial charge in [-0.3, -0.25) is 0 Å². The summed E-state index contributed by atoms with van der Waals surface area (Å²) in [6, 6.07) is 0. The Hall–Kier alpha value is -0.0500. The maximum atomic E-state index is 5.44. The zero-order chi connectivity index (χ0) is 8.10. The van der Waals surface area contributed by atoms with Gasteiger partial charge in [0.2, 0.25) is 0 Å². The van der Waals surface area contributed by atoms with E-state index in [4.69, 9.17) is 4.74 Å². The van der Waals surface area contributed by atoms with Crippen LogP contribution in [0.1, 0.15) is 13.3 Å². The Balaban J connectivity index is 0.00000121. The first-order valence-corrected chi connectivity index (χ1v) is 4.22. The molecule has 1 rings (SSSR count). The van der Waals surface area contributed by atoms with Crippen LogP contribution in [0.15, 0.2) is 12.2 Å². The molecule has 0 amide bonds. The highest BCUT2D eigenvalue weighted by Crippen LogP contribution is 2.07. The van der Waals surface area contributed by atoms with E-state index in [0.29, 0.717) is 0 Å². The zero-order valence-electron chi connectivity index (χ0n) is 7.64. The Morgan fingerprint density at radius 2 is 2.42 bits per heavy atom. The molecule has 1 heterocycles. The number of halogens is 1. The maximum Gasteiger partial charge on any atom is 0.0671 e. The summed E-state index contributed by atoms with van der Waals surface area (Å²) in [5, 5.41) is 3.31. The van der Waals surface area contributed by atoms with Crippen molar-refractivity contribution in [3.05, 3.63) is 12.2 Å². The van der Waals surface area contributed by atoms with Crippen molar-refractivity contribution in [3.63, 3.8) is 0 Å². The summed E-state index contributed by atoms with van der Waals surface area (Å²) < 4.78 is 5.44. The Bertz CT molecular complexity index is 132. The number of nitrogens with one attached hydrogen (secondary N) is 1. The molecule has 1 atom stereocenters. The first-order valence-electron chi connectivity index (χ1n) is 4.22. The van der Waals surface area contributed by atoms with Crippen molar-refractivity contribution >= 4 is 12.4 Å². The molecule has 12 heavy (non-hydrogen) atoms. The van der Waals surface area contributed by atoms with Crippen LogP contribution in [0, 0.1) is 5.92 Å². The topological polar surface area (TPSA) is 21.3 Å². The van der Waals surface area contributed by atoms with E-state index < -0.39 is 0 Å². The van der Waals surface area contributed by atoms with Crippen molar-refractivity contribution in [2.45, 2.75) is 13.3 Å². The summed E-state index contributed by atoms with van der Waals surface area (Å²) in [7, 11) is 0. The third-order valence-corrected chi connectivity index (χ3v) is 1.86. The molecular formula is C9H18ClNO. The summed E-state index contributed by atoms with van der Waals surface area (Å²) in [5.41, 5.74) is 1.11. The molecule has 1 aliphatic rings. The van der Waals surface area contributed by atoms with Crippen LogP contribution >= 0.6 is 12.4 Å². The van der Waals surface area contributed by atoms with E-state index in [2.05, 4.69) is 11.9 Å². The second-order valence-corrected chi connectivity index (χ2v) is 3.33. The average Bonchev–Trinajstić information content (AvgIpc) is 2.39. The van der Waals surface area contributed by atoms with Gasteiger partial charge in [-0.25, -0.2) is 0 Å². The van der Waals surface area contributed by atoms with E-state index >= 15 is 0 Å². The van der Waals surface area contributed by atoms with Crippen LogP contribution in [-0.2, 0) is 4.74 Å². The van der Waals surface area contributed by atoms with Gasteiger partial charge in [0, 0.05) is 6.54 Å². The Morgan fingerprint density at radius 3 is 2.92 bits per heavy atom. The number of ether oxygens (including phenoxy) is 1. The molecule has 2 nitrogen and oxygen atoms in total. The summed E-state index contributed by atoms with van der Waals surface area (Å²) in [6.45, 7) is 9.65. The highest BCUT2D eigenvalue weighted by atomic mass is 35.5. The zero-order valence-corrected chi connectivity index (χ0v) is 8.45. The minimum atomic E-state index is 0. The van der Waals surface area contributed by atoms with Crippen LogP contribution in [0.5, 0.6) is 0 Å². The highest BCUT2D eigenvalue weighted by Gasteiger charge is 2.13. The normalized spacial score (nSPS) is 21.9. The molecule has 0 bridgehead atoms. The van der Waals surface area contributed by atoms with Gasteiger partial charge in [0.15, 0.2) is 0 Å². The van der Waals surface area contributed by atoms with Gasteiger partial charge in [0.05, 0.1) is 13.2 Å². The summed E-state index contributed by atoms with van der Waals surface area (Å²) >= 11 is 0. The molecule has 0 saturated carbocycles. The van der Waals surface area contributed by atoms with Gasteiger partial charge in [-0.1, -0.05) is 12.2 Å². The Labute approximate surface area is 80.8 Å². The van der Waals surface area contributed by atoms with Crippen molar-refractivity contribution in [1.29, 1.82) is 0 Å². The van der Waals surface area contributed by atoms with E-state index in [-0.39, 0.29) is 12.4 Å². The molecule has 1 aliphatic heterocycles. The summed E-state index contributed by atoms with van der Waals surface area (Å²) in [6.07, 6.45) is 1.26. The fourth-order valence-corrected chi connectivity index (χ4v) is 1.26. The fraction of sp³-hybridized carbons (Fsp3) is 0.778. The molecule has 0 radical (unpaired) electrons. The van der Waals surface area contributed by atoms with Gasteiger partial charge in [-0.15, -0.1) is 12.4 Å². The lowest BCUT2D eigenvalue weighted by molar-refractivity contribution is 0.124. The third kappa shape index (κ3) is 4.75. The van der Waals surface area contributed by atoms with Crippen molar-refractivity contribution < 1.29 is 4.74 Å². The molecule has 0 aliphatic carbocycles. The number of rotatable bonds is 4. The van der Waals surface area contributed by atoms with E-state index in [9.17, 15) is 0 Å². The van der Waals surface area contributed by atoms with Crippen molar-refractivity contribution in [3.8, 4) is 0 Å². The predicted octanol–water partition coefficient (Wildman–Crippen LogP) is 1.61. The predicted molar refractivity (Wildman–Crippen MR) is 53.9 cm³/mol. The molecule has 0 aromatic heterocycles. The van der Waals surface area contributed by atoms with E-state index in [1.165, 1.54) is 6.42 Å². The van der Waals surface area contributed by atoms with Crippen LogP contribution < -0.4 is 5.32 Å². The molecule has 1 fully saturated rings. The standard InChI is InChI=1S/C9H17NO.ClH/c1-8(2)6-11-7-9-3-4-10-5-9;/h9-10H,1,3-7H2,2H3;1H. The Morgan fingerprint density at radius 1 is 1.67 bits per heavy atom. The summed E-state index contributed by atoms with van der Waals surface area (Å²) in [4.78, 5) is 0. The molecular weight excluding hydrogens is 174 g/mol. The van der Waals surface area contributed by atoms with Gasteiger partial charge >= 0.3 is 0 Å². The molecule has 0 spiro atoms. The minimum absolute atomic E-state index is 0. The van der Waals surface area contributed by atoms with Crippen molar-refractivity contribution in [1.82, 2.24) is 5.32 Å². The SMILES string of the molecule is C=C(C)COCC1CCNC1.Cl. The summed E-state index contributed by atoms with van der Waals surface area (Å²) in [5.74, 6) is 0.731. The van der Waals surface area contributed by atoms with Crippen molar-refractivity contribution in [2.24, 2.45) is 5.92 Å². The average molecular weight is 192 g/mol. The first kappa shape index (κ1) is 11.9. The van der Waals surface area contributed by atoms with E-state index in [1.807, 2.05) is 6.92 Å². The number of hydrogen-bond donors (Lipinski definition) is 1. The highest BCUT2D eigenvalue weighted by molar-refractivity contribution is 5.85. The maximum absolute atomic E-state index is 5.44. The number of hydrogen-bond acceptors (Lipinski definition) is 2. The molecule has 1 unspecified atom stereocenters. The molecule has 0 aromatic rings. The molecule has 1 N–H and O–H groups in total. The smallest absolute Gasteiger partial charge is 0.0671 e. The van der Waals surface area contributed by atoms with Crippen LogP contribution in [0.4, 0.5) is 0 Å². The fourth-order valence-electron chi connectivity index (χ4n) is 1.26. The van der Waals surface area contributed by atoms with Crippen LogP contribution in [0.3, 0.4) is 0 Å². The lowest BCUT2D eigenvalue weighted by Gasteiger charge is -2.08. The largest absolute Gasteiger partial charge is 0.377 e. The second-order valence-electron chi connectivity index (χ2n) is 3.33. The minimum Gasteiger partial charge on any atom is -0.377 e. The van der Waals surface area contributed by atoms with Gasteiger partial charge in [-0.05, 0) is 25.8 Å². The molecule has 72 valence electrons. The second kappa shape index (κ2) is 6.46.